The Labute approximate surface area is 135 Å². The van der Waals surface area contributed by atoms with Gasteiger partial charge in [0, 0.05) is 7.11 Å². The number of rotatable bonds is 9. The van der Waals surface area contributed by atoms with E-state index in [2.05, 4.69) is 56.2 Å². The summed E-state index contributed by atoms with van der Waals surface area (Å²) in [4.78, 5) is 2.38. The van der Waals surface area contributed by atoms with Gasteiger partial charge >= 0.3 is 0 Å². The van der Waals surface area contributed by atoms with E-state index in [-0.39, 0.29) is 6.04 Å². The molecule has 3 heteroatoms. The molecule has 0 bridgehead atoms. The molecule has 0 amide bonds. The van der Waals surface area contributed by atoms with Gasteiger partial charge in [-0.05, 0) is 50.2 Å². The Hall–Kier alpha value is -1.58. The van der Waals surface area contributed by atoms with Gasteiger partial charge in [0.2, 0.25) is 0 Å². The van der Waals surface area contributed by atoms with Crippen molar-refractivity contribution in [2.45, 2.75) is 26.3 Å². The molecule has 0 saturated carbocycles. The molecule has 0 aliphatic heterocycles. The fraction of sp³-hybridized carbons (Fsp3) is 0.474. The summed E-state index contributed by atoms with van der Waals surface area (Å²) in [6.45, 7) is 5.97. The van der Waals surface area contributed by atoms with E-state index in [0.29, 0.717) is 6.61 Å². The molecule has 0 N–H and O–H groups in total. The molecule has 0 aromatic heterocycles. The summed E-state index contributed by atoms with van der Waals surface area (Å²) in [5.74, 6) is 0.887. The number of ether oxygens (including phenoxy) is 2. The predicted octanol–water partition coefficient (Wildman–Crippen LogP) is 4.23. The van der Waals surface area contributed by atoms with Crippen molar-refractivity contribution >= 4 is 0 Å². The first-order valence-corrected chi connectivity index (χ1v) is 7.83. The van der Waals surface area contributed by atoms with Crippen molar-refractivity contribution < 1.29 is 9.47 Å². The molecule has 3 nitrogen and oxygen atoms in total. The van der Waals surface area contributed by atoms with Crippen LogP contribution in [0.25, 0.3) is 0 Å². The zero-order chi connectivity index (χ0) is 16.4. The van der Waals surface area contributed by atoms with Gasteiger partial charge < -0.3 is 9.47 Å². The lowest BCUT2D eigenvalue weighted by molar-refractivity contribution is 0.233. The first kappa shape index (κ1) is 18.5. The summed E-state index contributed by atoms with van der Waals surface area (Å²) in [6.07, 6.45) is 7.52. The number of likely N-dealkylation sites (N-methyl/N-ethyl adjacent to an activating group) is 1. The molecule has 0 spiro atoms. The molecule has 1 aromatic rings. The molecule has 22 heavy (non-hydrogen) atoms. The highest BCUT2D eigenvalue weighted by atomic mass is 16.5. The minimum absolute atomic E-state index is 0.240. The van der Waals surface area contributed by atoms with E-state index < -0.39 is 0 Å². The summed E-state index contributed by atoms with van der Waals surface area (Å²) < 4.78 is 10.4. The lowest BCUT2D eigenvalue weighted by Gasteiger charge is -2.29. The third-order valence-corrected chi connectivity index (χ3v) is 3.67. The standard InChI is InChI=1S/C19H29NO2/c1-6-14-20(3)19(16(7-2)9-8-15-21-4)17-10-12-18(22-5)13-11-17/h7-13,19H,6,14-15H2,1-5H3/b9-8-,16-7+. The second kappa shape index (κ2) is 10.2. The Morgan fingerprint density at radius 2 is 1.91 bits per heavy atom. The monoisotopic (exact) mass is 303 g/mol. The molecule has 0 radical (unpaired) electrons. The number of methoxy groups -OCH3 is 2. The molecule has 1 atom stereocenters. The number of hydrogen-bond acceptors (Lipinski definition) is 3. The van der Waals surface area contributed by atoms with Crippen molar-refractivity contribution in [3.63, 3.8) is 0 Å². The minimum Gasteiger partial charge on any atom is -0.497 e. The van der Waals surface area contributed by atoms with Crippen LogP contribution in [0.5, 0.6) is 5.75 Å². The van der Waals surface area contributed by atoms with Crippen molar-refractivity contribution in [1.82, 2.24) is 4.90 Å². The van der Waals surface area contributed by atoms with Crippen molar-refractivity contribution in [1.29, 1.82) is 0 Å². The average molecular weight is 303 g/mol. The molecule has 1 aromatic carbocycles. The van der Waals surface area contributed by atoms with Crippen LogP contribution in [-0.4, -0.2) is 39.3 Å². The summed E-state index contributed by atoms with van der Waals surface area (Å²) >= 11 is 0. The summed E-state index contributed by atoms with van der Waals surface area (Å²) in [6, 6.07) is 8.57. The van der Waals surface area contributed by atoms with E-state index in [0.717, 1.165) is 18.7 Å². The van der Waals surface area contributed by atoms with Crippen molar-refractivity contribution in [2.24, 2.45) is 0 Å². The average Bonchev–Trinajstić information content (AvgIpc) is 2.54. The van der Waals surface area contributed by atoms with Gasteiger partial charge in [0.15, 0.2) is 0 Å². The summed E-state index contributed by atoms with van der Waals surface area (Å²) in [7, 11) is 5.58. The van der Waals surface area contributed by atoms with Gasteiger partial charge in [-0.15, -0.1) is 0 Å². The van der Waals surface area contributed by atoms with Crippen LogP contribution in [0.15, 0.2) is 48.1 Å². The SMILES string of the molecule is C/C=C(\C=C/COC)C(c1ccc(OC)cc1)N(C)CCC. The highest BCUT2D eigenvalue weighted by Crippen LogP contribution is 2.30. The van der Waals surface area contributed by atoms with E-state index in [1.807, 2.05) is 12.1 Å². The second-order valence-electron chi connectivity index (χ2n) is 5.30. The maximum Gasteiger partial charge on any atom is 0.118 e. The van der Waals surface area contributed by atoms with Gasteiger partial charge in [-0.2, -0.15) is 0 Å². The van der Waals surface area contributed by atoms with Crippen molar-refractivity contribution in [3.05, 3.63) is 53.6 Å². The minimum atomic E-state index is 0.240. The number of nitrogens with zero attached hydrogens (tertiary/aromatic N) is 1. The molecule has 1 rings (SSSR count). The Morgan fingerprint density at radius 3 is 2.41 bits per heavy atom. The van der Waals surface area contributed by atoms with Gasteiger partial charge in [-0.1, -0.05) is 37.3 Å². The quantitative estimate of drug-likeness (QED) is 0.637. The van der Waals surface area contributed by atoms with Crippen LogP contribution in [0.1, 0.15) is 31.9 Å². The van der Waals surface area contributed by atoms with E-state index in [1.54, 1.807) is 14.2 Å². The molecular weight excluding hydrogens is 274 g/mol. The van der Waals surface area contributed by atoms with Crippen LogP contribution < -0.4 is 4.74 Å². The van der Waals surface area contributed by atoms with Crippen LogP contribution in [0.2, 0.25) is 0 Å². The van der Waals surface area contributed by atoms with Crippen molar-refractivity contribution in [3.8, 4) is 5.75 Å². The summed E-state index contributed by atoms with van der Waals surface area (Å²) in [5, 5.41) is 0. The molecule has 0 fully saturated rings. The van der Waals surface area contributed by atoms with Gasteiger partial charge in [0.05, 0.1) is 19.8 Å². The lowest BCUT2D eigenvalue weighted by atomic mass is 9.96. The largest absolute Gasteiger partial charge is 0.497 e. The van der Waals surface area contributed by atoms with Gasteiger partial charge in [-0.3, -0.25) is 4.90 Å². The number of hydrogen-bond donors (Lipinski definition) is 0. The molecule has 1 unspecified atom stereocenters. The zero-order valence-electron chi connectivity index (χ0n) is 14.5. The molecule has 122 valence electrons. The smallest absolute Gasteiger partial charge is 0.118 e. The number of benzene rings is 1. The first-order chi connectivity index (χ1) is 10.7. The van der Waals surface area contributed by atoms with Crippen LogP contribution in [0.4, 0.5) is 0 Å². The Bertz CT molecular complexity index is 477. The number of allylic oxidation sites excluding steroid dienone is 1. The highest BCUT2D eigenvalue weighted by Gasteiger charge is 2.19. The van der Waals surface area contributed by atoms with Gasteiger partial charge in [0.1, 0.15) is 5.75 Å². The maximum atomic E-state index is 5.26. The third kappa shape index (κ3) is 5.32. The maximum absolute atomic E-state index is 5.26. The molecule has 0 saturated heterocycles. The van der Waals surface area contributed by atoms with E-state index >= 15 is 0 Å². The van der Waals surface area contributed by atoms with Crippen LogP contribution in [0, 0.1) is 0 Å². The Balaban J connectivity index is 3.09. The van der Waals surface area contributed by atoms with E-state index in [1.165, 1.54) is 11.1 Å². The van der Waals surface area contributed by atoms with E-state index in [4.69, 9.17) is 9.47 Å². The molecular formula is C19H29NO2. The van der Waals surface area contributed by atoms with Gasteiger partial charge in [0.25, 0.3) is 0 Å². The van der Waals surface area contributed by atoms with Gasteiger partial charge in [-0.25, -0.2) is 0 Å². The first-order valence-electron chi connectivity index (χ1n) is 7.83. The normalized spacial score (nSPS) is 13.8. The zero-order valence-corrected chi connectivity index (χ0v) is 14.5. The van der Waals surface area contributed by atoms with Crippen LogP contribution >= 0.6 is 0 Å². The molecule has 0 aliphatic carbocycles. The fourth-order valence-electron chi connectivity index (χ4n) is 2.60. The van der Waals surface area contributed by atoms with Crippen LogP contribution in [-0.2, 0) is 4.74 Å². The van der Waals surface area contributed by atoms with Crippen molar-refractivity contribution in [2.75, 3.05) is 34.4 Å². The Morgan fingerprint density at radius 1 is 1.23 bits per heavy atom. The third-order valence-electron chi connectivity index (χ3n) is 3.67. The summed E-state index contributed by atoms with van der Waals surface area (Å²) in [5.41, 5.74) is 2.55. The molecule has 0 aliphatic rings. The van der Waals surface area contributed by atoms with Crippen LogP contribution in [0.3, 0.4) is 0 Å². The lowest BCUT2D eigenvalue weighted by Crippen LogP contribution is -2.26. The Kier molecular flexibility index (Phi) is 8.56. The second-order valence-corrected chi connectivity index (χ2v) is 5.30. The highest BCUT2D eigenvalue weighted by molar-refractivity contribution is 5.37. The topological polar surface area (TPSA) is 21.7 Å². The fourth-order valence-corrected chi connectivity index (χ4v) is 2.60. The molecule has 0 heterocycles. The van der Waals surface area contributed by atoms with E-state index in [9.17, 15) is 0 Å². The predicted molar refractivity (Wildman–Crippen MR) is 93.4 cm³/mol.